The number of amides is 1. The first-order valence-corrected chi connectivity index (χ1v) is 11.0. The van der Waals surface area contributed by atoms with Crippen LogP contribution in [0.5, 0.6) is 5.75 Å². The number of benzene rings is 2. The summed E-state index contributed by atoms with van der Waals surface area (Å²) in [6.45, 7) is 3.50. The van der Waals surface area contributed by atoms with Crippen molar-refractivity contribution in [2.24, 2.45) is 0 Å². The molecule has 1 N–H and O–H groups in total. The van der Waals surface area contributed by atoms with E-state index >= 15 is 0 Å². The number of carbonyl (C=O) groups excluding carboxylic acids is 1. The van der Waals surface area contributed by atoms with Crippen LogP contribution in [-0.4, -0.2) is 47.4 Å². The number of hydrogen-bond donors (Lipinski definition) is 1. The van der Waals surface area contributed by atoms with Crippen LogP contribution in [0.1, 0.15) is 5.56 Å². The fourth-order valence-electron chi connectivity index (χ4n) is 3.58. The molecule has 30 heavy (non-hydrogen) atoms. The molecule has 1 aliphatic rings. The molecule has 0 radical (unpaired) electrons. The number of hydrogen-bond acceptors (Lipinski definition) is 6. The normalized spacial score (nSPS) is 14.0. The van der Waals surface area contributed by atoms with E-state index in [1.807, 2.05) is 49.0 Å². The summed E-state index contributed by atoms with van der Waals surface area (Å²) in [6, 6.07) is 13.0. The van der Waals surface area contributed by atoms with Crippen molar-refractivity contribution in [1.29, 1.82) is 0 Å². The van der Waals surface area contributed by atoms with Crippen LogP contribution in [0.15, 0.2) is 47.3 Å². The highest BCUT2D eigenvalue weighted by atomic mass is 32.2. The Labute approximate surface area is 179 Å². The van der Waals surface area contributed by atoms with Crippen LogP contribution < -0.4 is 20.5 Å². The lowest BCUT2D eigenvalue weighted by Gasteiger charge is -2.28. The fourth-order valence-corrected chi connectivity index (χ4v) is 4.48. The smallest absolute Gasteiger partial charge is 0.275 e. The number of thioether (sulfide) groups is 1. The van der Waals surface area contributed by atoms with E-state index in [1.54, 1.807) is 19.2 Å². The SMILES string of the molecule is COc1ccc(C)cc1NC(=O)Cn1nc(N2CCSCC2)c2ccccc2c1=O. The molecule has 1 saturated heterocycles. The van der Waals surface area contributed by atoms with Crippen LogP contribution in [0.25, 0.3) is 10.8 Å². The van der Waals surface area contributed by atoms with E-state index in [4.69, 9.17) is 4.74 Å². The van der Waals surface area contributed by atoms with Gasteiger partial charge in [0.1, 0.15) is 12.3 Å². The zero-order valence-corrected chi connectivity index (χ0v) is 17.9. The Morgan fingerprint density at radius 2 is 1.90 bits per heavy atom. The molecule has 0 bridgehead atoms. The molecule has 0 spiro atoms. The second kappa shape index (κ2) is 8.79. The van der Waals surface area contributed by atoms with E-state index in [9.17, 15) is 9.59 Å². The van der Waals surface area contributed by atoms with Crippen molar-refractivity contribution in [2.75, 3.05) is 41.9 Å². The average molecular weight is 425 g/mol. The summed E-state index contributed by atoms with van der Waals surface area (Å²) in [7, 11) is 1.55. The Morgan fingerprint density at radius 1 is 1.17 bits per heavy atom. The van der Waals surface area contributed by atoms with Crippen LogP contribution in [-0.2, 0) is 11.3 Å². The lowest BCUT2D eigenvalue weighted by molar-refractivity contribution is -0.117. The molecule has 4 rings (SSSR count). The quantitative estimate of drug-likeness (QED) is 0.679. The van der Waals surface area contributed by atoms with Crippen molar-refractivity contribution in [3.63, 3.8) is 0 Å². The Morgan fingerprint density at radius 3 is 2.63 bits per heavy atom. The molecule has 1 aromatic heterocycles. The van der Waals surface area contributed by atoms with E-state index < -0.39 is 0 Å². The predicted molar refractivity (Wildman–Crippen MR) is 122 cm³/mol. The largest absolute Gasteiger partial charge is 0.495 e. The van der Waals surface area contributed by atoms with Gasteiger partial charge >= 0.3 is 0 Å². The number of nitrogens with one attached hydrogen (secondary N) is 1. The zero-order valence-electron chi connectivity index (χ0n) is 17.1. The summed E-state index contributed by atoms with van der Waals surface area (Å²) in [5, 5.41) is 8.84. The molecule has 0 unspecified atom stereocenters. The molecule has 1 aliphatic heterocycles. The highest BCUT2D eigenvalue weighted by molar-refractivity contribution is 7.99. The van der Waals surface area contributed by atoms with Gasteiger partial charge in [0.05, 0.1) is 18.2 Å². The van der Waals surface area contributed by atoms with Gasteiger partial charge in [0.25, 0.3) is 5.56 Å². The first-order chi connectivity index (χ1) is 14.6. The minimum atomic E-state index is -0.330. The molecule has 3 aromatic rings. The lowest BCUT2D eigenvalue weighted by atomic mass is 10.1. The Balaban J connectivity index is 1.67. The van der Waals surface area contributed by atoms with Crippen LogP contribution in [0.3, 0.4) is 0 Å². The first-order valence-electron chi connectivity index (χ1n) is 9.84. The van der Waals surface area contributed by atoms with Gasteiger partial charge in [-0.15, -0.1) is 0 Å². The molecule has 1 fully saturated rings. The van der Waals surface area contributed by atoms with Gasteiger partial charge in [-0.1, -0.05) is 24.3 Å². The second-order valence-corrected chi connectivity index (χ2v) is 8.41. The van der Waals surface area contributed by atoms with Gasteiger partial charge in [0, 0.05) is 30.0 Å². The van der Waals surface area contributed by atoms with Crippen molar-refractivity contribution in [2.45, 2.75) is 13.5 Å². The molecule has 2 heterocycles. The first kappa shape index (κ1) is 20.3. The summed E-state index contributed by atoms with van der Waals surface area (Å²) in [6.07, 6.45) is 0. The van der Waals surface area contributed by atoms with Gasteiger partial charge in [-0.05, 0) is 30.7 Å². The second-order valence-electron chi connectivity index (χ2n) is 7.18. The van der Waals surface area contributed by atoms with Crippen LogP contribution in [0.2, 0.25) is 0 Å². The average Bonchev–Trinajstić information content (AvgIpc) is 2.76. The third-order valence-corrected chi connectivity index (χ3v) is 6.02. The van der Waals surface area contributed by atoms with E-state index in [0.717, 1.165) is 41.4 Å². The summed E-state index contributed by atoms with van der Waals surface area (Å²) in [5.74, 6) is 3.03. The van der Waals surface area contributed by atoms with Crippen LogP contribution in [0, 0.1) is 6.92 Å². The molecule has 7 nitrogen and oxygen atoms in total. The number of fused-ring (bicyclic) bond motifs is 1. The Kier molecular flexibility index (Phi) is 5.94. The molecule has 0 atom stereocenters. The fraction of sp³-hybridized carbons (Fsp3) is 0.318. The molecule has 8 heteroatoms. The number of carbonyl (C=O) groups is 1. The van der Waals surface area contributed by atoms with E-state index in [-0.39, 0.29) is 18.0 Å². The molecule has 1 amide bonds. The number of anilines is 2. The predicted octanol–water partition coefficient (Wildman–Crippen LogP) is 2.91. The van der Waals surface area contributed by atoms with Gasteiger partial charge in [-0.2, -0.15) is 16.9 Å². The highest BCUT2D eigenvalue weighted by Crippen LogP contribution is 2.26. The summed E-state index contributed by atoms with van der Waals surface area (Å²) < 4.78 is 6.58. The number of methoxy groups -OCH3 is 1. The van der Waals surface area contributed by atoms with Gasteiger partial charge in [0.15, 0.2) is 5.82 Å². The number of aryl methyl sites for hydroxylation is 1. The van der Waals surface area contributed by atoms with E-state index in [2.05, 4.69) is 15.3 Å². The third kappa shape index (κ3) is 4.14. The van der Waals surface area contributed by atoms with Crippen LogP contribution >= 0.6 is 11.8 Å². The minimum Gasteiger partial charge on any atom is -0.495 e. The van der Waals surface area contributed by atoms with Crippen LogP contribution in [0.4, 0.5) is 11.5 Å². The minimum absolute atomic E-state index is 0.170. The molecular weight excluding hydrogens is 400 g/mol. The molecule has 2 aromatic carbocycles. The maximum atomic E-state index is 13.0. The summed E-state index contributed by atoms with van der Waals surface area (Å²) in [4.78, 5) is 27.9. The number of nitrogens with zero attached hydrogens (tertiary/aromatic N) is 3. The molecule has 0 saturated carbocycles. The number of ether oxygens (including phenoxy) is 1. The topological polar surface area (TPSA) is 76.5 Å². The van der Waals surface area contributed by atoms with Gasteiger partial charge in [0.2, 0.25) is 5.91 Å². The maximum absolute atomic E-state index is 13.0. The third-order valence-electron chi connectivity index (χ3n) is 5.08. The highest BCUT2D eigenvalue weighted by Gasteiger charge is 2.19. The van der Waals surface area contributed by atoms with Crippen molar-refractivity contribution < 1.29 is 9.53 Å². The lowest BCUT2D eigenvalue weighted by Crippen LogP contribution is -2.37. The van der Waals surface area contributed by atoms with Crippen molar-refractivity contribution >= 4 is 39.9 Å². The summed E-state index contributed by atoms with van der Waals surface area (Å²) in [5.41, 5.74) is 1.30. The Hall–Kier alpha value is -3.00. The van der Waals surface area contributed by atoms with Gasteiger partial charge < -0.3 is 15.0 Å². The van der Waals surface area contributed by atoms with E-state index in [0.29, 0.717) is 16.8 Å². The maximum Gasteiger partial charge on any atom is 0.275 e. The monoisotopic (exact) mass is 424 g/mol. The zero-order chi connectivity index (χ0) is 21.1. The summed E-state index contributed by atoms with van der Waals surface area (Å²) >= 11 is 1.91. The molecular formula is C22H24N4O3S. The van der Waals surface area contributed by atoms with Gasteiger partial charge in [-0.25, -0.2) is 4.68 Å². The standard InChI is InChI=1S/C22H24N4O3S/c1-15-7-8-19(29-2)18(13-15)23-20(27)14-26-22(28)17-6-4-3-5-16(17)21(24-26)25-9-11-30-12-10-25/h3-8,13H,9-12,14H2,1-2H3,(H,23,27). The van der Waals surface area contributed by atoms with Gasteiger partial charge in [-0.3, -0.25) is 9.59 Å². The van der Waals surface area contributed by atoms with E-state index in [1.165, 1.54) is 4.68 Å². The number of aromatic nitrogens is 2. The van der Waals surface area contributed by atoms with Crippen molar-refractivity contribution in [1.82, 2.24) is 9.78 Å². The molecule has 0 aliphatic carbocycles. The van der Waals surface area contributed by atoms with Crippen molar-refractivity contribution in [3.05, 3.63) is 58.4 Å². The number of rotatable bonds is 5. The van der Waals surface area contributed by atoms with Crippen molar-refractivity contribution in [3.8, 4) is 5.75 Å². The Bertz CT molecular complexity index is 1140. The molecule has 156 valence electrons.